The second-order valence-corrected chi connectivity index (χ2v) is 6.70. The molecule has 1 amide bonds. The average Bonchev–Trinajstić information content (AvgIpc) is 3.40. The SMILES string of the molecule is COc1ccc(Cn2nnc(C(=O)Nc3ccccc3Cl)c2-n2cccc2)cc1. The summed E-state index contributed by atoms with van der Waals surface area (Å²) in [5.74, 6) is 0.955. The van der Waals surface area contributed by atoms with Gasteiger partial charge in [-0.3, -0.25) is 4.79 Å². The van der Waals surface area contributed by atoms with Gasteiger partial charge in [0.15, 0.2) is 11.5 Å². The number of amides is 1. The molecule has 0 saturated carbocycles. The lowest BCUT2D eigenvalue weighted by Gasteiger charge is -2.10. The molecule has 0 unspecified atom stereocenters. The average molecular weight is 408 g/mol. The molecule has 4 aromatic rings. The third-order valence-electron chi connectivity index (χ3n) is 4.39. The maximum atomic E-state index is 12.9. The normalized spacial score (nSPS) is 10.7. The van der Waals surface area contributed by atoms with Gasteiger partial charge in [0, 0.05) is 12.4 Å². The second kappa shape index (κ2) is 8.20. The van der Waals surface area contributed by atoms with E-state index in [1.165, 1.54) is 0 Å². The number of nitrogens with one attached hydrogen (secondary N) is 1. The molecule has 0 atom stereocenters. The van der Waals surface area contributed by atoms with Crippen LogP contribution in [0.3, 0.4) is 0 Å². The Hall–Kier alpha value is -3.58. The van der Waals surface area contributed by atoms with Gasteiger partial charge in [-0.05, 0) is 42.0 Å². The van der Waals surface area contributed by atoms with Crippen LogP contribution in [0.15, 0.2) is 73.1 Å². The highest BCUT2D eigenvalue weighted by Crippen LogP contribution is 2.23. The highest BCUT2D eigenvalue weighted by atomic mass is 35.5. The molecular weight excluding hydrogens is 390 g/mol. The minimum Gasteiger partial charge on any atom is -0.497 e. The lowest BCUT2D eigenvalue weighted by atomic mass is 10.2. The molecule has 2 heterocycles. The number of benzene rings is 2. The second-order valence-electron chi connectivity index (χ2n) is 6.29. The van der Waals surface area contributed by atoms with Gasteiger partial charge in [-0.2, -0.15) is 0 Å². The van der Waals surface area contributed by atoms with E-state index in [0.717, 1.165) is 11.3 Å². The summed E-state index contributed by atoms with van der Waals surface area (Å²) in [4.78, 5) is 12.9. The Bertz CT molecular complexity index is 1120. The van der Waals surface area contributed by atoms with Crippen molar-refractivity contribution in [1.29, 1.82) is 0 Å². The van der Waals surface area contributed by atoms with Crippen LogP contribution in [-0.2, 0) is 6.54 Å². The molecule has 0 radical (unpaired) electrons. The van der Waals surface area contributed by atoms with Crippen LogP contribution in [0.5, 0.6) is 5.75 Å². The first-order valence-corrected chi connectivity index (χ1v) is 9.29. The maximum absolute atomic E-state index is 12.9. The van der Waals surface area contributed by atoms with Gasteiger partial charge in [-0.1, -0.05) is 41.1 Å². The van der Waals surface area contributed by atoms with Crippen molar-refractivity contribution < 1.29 is 9.53 Å². The Morgan fingerprint density at radius 1 is 1.07 bits per heavy atom. The Morgan fingerprint density at radius 2 is 1.79 bits per heavy atom. The van der Waals surface area contributed by atoms with Crippen LogP contribution in [0.1, 0.15) is 16.1 Å². The molecular formula is C21H18ClN5O2. The molecule has 2 aromatic carbocycles. The van der Waals surface area contributed by atoms with Gasteiger partial charge in [0.25, 0.3) is 5.91 Å². The smallest absolute Gasteiger partial charge is 0.280 e. The fraction of sp³-hybridized carbons (Fsp3) is 0.0952. The van der Waals surface area contributed by atoms with E-state index in [-0.39, 0.29) is 11.6 Å². The lowest BCUT2D eigenvalue weighted by Crippen LogP contribution is -2.17. The van der Waals surface area contributed by atoms with Crippen molar-refractivity contribution in [2.24, 2.45) is 0 Å². The van der Waals surface area contributed by atoms with Gasteiger partial charge in [0.1, 0.15) is 5.75 Å². The van der Waals surface area contributed by atoms with E-state index < -0.39 is 0 Å². The number of halogens is 1. The third-order valence-corrected chi connectivity index (χ3v) is 4.72. The van der Waals surface area contributed by atoms with E-state index >= 15 is 0 Å². The van der Waals surface area contributed by atoms with Crippen molar-refractivity contribution in [3.05, 3.63) is 89.3 Å². The monoisotopic (exact) mass is 407 g/mol. The molecule has 0 spiro atoms. The molecule has 1 N–H and O–H groups in total. The first kappa shape index (κ1) is 18.8. The number of nitrogens with zero attached hydrogens (tertiary/aromatic N) is 4. The summed E-state index contributed by atoms with van der Waals surface area (Å²) >= 11 is 6.16. The predicted octanol–water partition coefficient (Wildman–Crippen LogP) is 4.03. The van der Waals surface area contributed by atoms with Crippen molar-refractivity contribution >= 4 is 23.2 Å². The van der Waals surface area contributed by atoms with E-state index in [4.69, 9.17) is 16.3 Å². The number of carbonyl (C=O) groups is 1. The van der Waals surface area contributed by atoms with Gasteiger partial charge in [0.05, 0.1) is 24.4 Å². The zero-order valence-electron chi connectivity index (χ0n) is 15.6. The molecule has 146 valence electrons. The summed E-state index contributed by atoms with van der Waals surface area (Å²) in [5, 5.41) is 11.6. The number of hydrogen-bond donors (Lipinski definition) is 1. The van der Waals surface area contributed by atoms with E-state index in [0.29, 0.717) is 23.1 Å². The predicted molar refractivity (Wildman–Crippen MR) is 111 cm³/mol. The maximum Gasteiger partial charge on any atom is 0.280 e. The zero-order valence-corrected chi connectivity index (χ0v) is 16.4. The standard InChI is InChI=1S/C21H18ClN5O2/c1-29-16-10-8-15(9-11-16)14-27-21(26-12-4-5-13-26)19(24-25-27)20(28)23-18-7-3-2-6-17(18)22/h2-13H,14H2,1H3,(H,23,28). The summed E-state index contributed by atoms with van der Waals surface area (Å²) in [7, 11) is 1.63. The van der Waals surface area contributed by atoms with Gasteiger partial charge in [-0.15, -0.1) is 5.10 Å². The first-order valence-electron chi connectivity index (χ1n) is 8.91. The molecule has 29 heavy (non-hydrogen) atoms. The van der Waals surface area contributed by atoms with Crippen LogP contribution in [0, 0.1) is 0 Å². The molecule has 0 aliphatic heterocycles. The fourth-order valence-electron chi connectivity index (χ4n) is 2.94. The highest BCUT2D eigenvalue weighted by molar-refractivity contribution is 6.33. The number of aromatic nitrogens is 4. The van der Waals surface area contributed by atoms with E-state index in [1.807, 2.05) is 53.4 Å². The number of methoxy groups -OCH3 is 1. The number of ether oxygens (including phenoxy) is 1. The van der Waals surface area contributed by atoms with Crippen molar-refractivity contribution in [3.63, 3.8) is 0 Å². The third kappa shape index (κ3) is 4.00. The molecule has 4 rings (SSSR count). The molecule has 7 nitrogen and oxygen atoms in total. The minimum atomic E-state index is -0.386. The summed E-state index contributed by atoms with van der Waals surface area (Å²) in [6.07, 6.45) is 3.69. The number of hydrogen-bond acceptors (Lipinski definition) is 4. The van der Waals surface area contributed by atoms with Crippen molar-refractivity contribution in [3.8, 4) is 11.6 Å². The molecule has 2 aromatic heterocycles. The van der Waals surface area contributed by atoms with Crippen LogP contribution < -0.4 is 10.1 Å². The van der Waals surface area contributed by atoms with Crippen LogP contribution in [-0.4, -0.2) is 32.6 Å². The zero-order chi connectivity index (χ0) is 20.2. The van der Waals surface area contributed by atoms with E-state index in [1.54, 1.807) is 36.1 Å². The lowest BCUT2D eigenvalue weighted by molar-refractivity contribution is 0.102. The molecule has 0 fully saturated rings. The van der Waals surface area contributed by atoms with Gasteiger partial charge >= 0.3 is 0 Å². The fourth-order valence-corrected chi connectivity index (χ4v) is 3.12. The van der Waals surface area contributed by atoms with Crippen LogP contribution >= 0.6 is 11.6 Å². The molecule has 0 aliphatic carbocycles. The molecule has 0 saturated heterocycles. The van der Waals surface area contributed by atoms with Crippen LogP contribution in [0.2, 0.25) is 5.02 Å². The van der Waals surface area contributed by atoms with E-state index in [2.05, 4.69) is 15.6 Å². The van der Waals surface area contributed by atoms with Crippen LogP contribution in [0.4, 0.5) is 5.69 Å². The van der Waals surface area contributed by atoms with Crippen molar-refractivity contribution in [2.75, 3.05) is 12.4 Å². The quantitative estimate of drug-likeness (QED) is 0.523. The molecule has 0 aliphatic rings. The van der Waals surface area contributed by atoms with E-state index in [9.17, 15) is 4.79 Å². The van der Waals surface area contributed by atoms with Gasteiger partial charge in [-0.25, -0.2) is 4.68 Å². The number of para-hydroxylation sites is 1. The summed E-state index contributed by atoms with van der Waals surface area (Å²) < 4.78 is 8.70. The largest absolute Gasteiger partial charge is 0.497 e. The topological polar surface area (TPSA) is 74.0 Å². The molecule has 8 heteroatoms. The number of anilines is 1. The van der Waals surface area contributed by atoms with Crippen LogP contribution in [0.25, 0.3) is 5.82 Å². The molecule has 0 bridgehead atoms. The van der Waals surface area contributed by atoms with Gasteiger partial charge < -0.3 is 14.6 Å². The minimum absolute atomic E-state index is 0.203. The van der Waals surface area contributed by atoms with Crippen molar-refractivity contribution in [1.82, 2.24) is 19.6 Å². The Kier molecular flexibility index (Phi) is 5.31. The highest BCUT2D eigenvalue weighted by Gasteiger charge is 2.22. The summed E-state index contributed by atoms with van der Waals surface area (Å²) in [6.45, 7) is 0.448. The summed E-state index contributed by atoms with van der Waals surface area (Å²) in [6, 6.07) is 18.5. The Balaban J connectivity index is 1.67. The number of rotatable bonds is 6. The Labute approximate surface area is 172 Å². The number of carbonyl (C=O) groups excluding carboxylic acids is 1. The summed E-state index contributed by atoms with van der Waals surface area (Å²) in [5.41, 5.74) is 1.72. The first-order chi connectivity index (χ1) is 14.2. The van der Waals surface area contributed by atoms with Gasteiger partial charge in [0.2, 0.25) is 0 Å². The van der Waals surface area contributed by atoms with Crippen molar-refractivity contribution in [2.45, 2.75) is 6.54 Å². The Morgan fingerprint density at radius 3 is 2.48 bits per heavy atom.